The second kappa shape index (κ2) is 10.9. The van der Waals surface area contributed by atoms with Gasteiger partial charge in [-0.1, -0.05) is 48.9 Å². The highest BCUT2D eigenvalue weighted by Crippen LogP contribution is 2.28. The van der Waals surface area contributed by atoms with Crippen LogP contribution in [-0.4, -0.2) is 27.2 Å². The Kier molecular flexibility index (Phi) is 7.46. The molecule has 0 aliphatic carbocycles. The van der Waals surface area contributed by atoms with Crippen LogP contribution in [0.25, 0.3) is 17.0 Å². The molecule has 2 heterocycles. The molecule has 1 saturated heterocycles. The Balaban J connectivity index is 1.43. The molecule has 1 aliphatic rings. The number of benzene rings is 3. The molecule has 2 amide bonds. The van der Waals surface area contributed by atoms with Crippen LogP contribution in [0, 0.1) is 0 Å². The van der Waals surface area contributed by atoms with Crippen molar-refractivity contribution >= 4 is 75.2 Å². The van der Waals surface area contributed by atoms with Gasteiger partial charge in [-0.3, -0.25) is 19.8 Å². The fraction of sp³-hybridized carbons (Fsp3) is 0.138. The van der Waals surface area contributed by atoms with E-state index in [4.69, 9.17) is 23.8 Å². The number of amides is 2. The van der Waals surface area contributed by atoms with E-state index in [-0.39, 0.29) is 10.7 Å². The van der Waals surface area contributed by atoms with Crippen molar-refractivity contribution in [2.75, 3.05) is 10.7 Å². The summed E-state index contributed by atoms with van der Waals surface area (Å²) in [5.74, 6) is -0.0781. The molecule has 8 heteroatoms. The summed E-state index contributed by atoms with van der Waals surface area (Å²) in [4.78, 5) is 28.9. The van der Waals surface area contributed by atoms with Gasteiger partial charge in [0.05, 0.1) is 5.69 Å². The van der Waals surface area contributed by atoms with Crippen molar-refractivity contribution < 1.29 is 9.59 Å². The summed E-state index contributed by atoms with van der Waals surface area (Å²) in [6.07, 6.45) is 4.55. The SMILES string of the molecule is CCc1ccc(N2C(=O)/C(=C/c3cn(CCSc4ccc(Cl)cc4)c4ccccc34)C(=O)NC2=S)cc1. The molecule has 1 fully saturated rings. The smallest absolute Gasteiger partial charge is 0.270 e. The van der Waals surface area contributed by atoms with E-state index in [9.17, 15) is 9.59 Å². The summed E-state index contributed by atoms with van der Waals surface area (Å²) in [7, 11) is 0. The maximum Gasteiger partial charge on any atom is 0.270 e. The van der Waals surface area contributed by atoms with Crippen LogP contribution in [0.1, 0.15) is 18.1 Å². The largest absolute Gasteiger partial charge is 0.346 e. The number of thiocarbonyl (C=S) groups is 1. The van der Waals surface area contributed by atoms with Gasteiger partial charge in [0.1, 0.15) is 5.57 Å². The number of nitrogens with zero attached hydrogens (tertiary/aromatic N) is 2. The molecule has 5 rings (SSSR count). The number of aryl methyl sites for hydroxylation is 2. The molecule has 1 N–H and O–H groups in total. The van der Waals surface area contributed by atoms with Crippen molar-refractivity contribution in [2.45, 2.75) is 24.8 Å². The van der Waals surface area contributed by atoms with Crippen molar-refractivity contribution in [2.24, 2.45) is 0 Å². The lowest BCUT2D eigenvalue weighted by atomic mass is 10.1. The molecule has 0 spiro atoms. The molecule has 0 unspecified atom stereocenters. The zero-order valence-corrected chi connectivity index (χ0v) is 22.5. The van der Waals surface area contributed by atoms with Crippen molar-refractivity contribution in [1.29, 1.82) is 0 Å². The fourth-order valence-electron chi connectivity index (χ4n) is 4.30. The highest BCUT2D eigenvalue weighted by molar-refractivity contribution is 7.99. The minimum atomic E-state index is -0.494. The van der Waals surface area contributed by atoms with E-state index in [2.05, 4.69) is 16.8 Å². The van der Waals surface area contributed by atoms with E-state index < -0.39 is 11.8 Å². The Morgan fingerprint density at radius 1 is 1.00 bits per heavy atom. The van der Waals surface area contributed by atoms with Crippen LogP contribution in [0.5, 0.6) is 0 Å². The van der Waals surface area contributed by atoms with Crippen LogP contribution in [0.3, 0.4) is 0 Å². The van der Waals surface area contributed by atoms with Crippen molar-refractivity contribution in [3.8, 4) is 0 Å². The zero-order valence-electron chi connectivity index (χ0n) is 20.1. The predicted molar refractivity (Wildman–Crippen MR) is 156 cm³/mol. The minimum absolute atomic E-state index is 0.0478. The van der Waals surface area contributed by atoms with Gasteiger partial charge in [0.15, 0.2) is 5.11 Å². The molecule has 4 aromatic rings. The van der Waals surface area contributed by atoms with Gasteiger partial charge in [-0.25, -0.2) is 0 Å². The molecular formula is C29H24ClN3O2S2. The van der Waals surface area contributed by atoms with Gasteiger partial charge in [0.25, 0.3) is 11.8 Å². The van der Waals surface area contributed by atoms with Crippen LogP contribution in [0.4, 0.5) is 5.69 Å². The van der Waals surface area contributed by atoms with Gasteiger partial charge in [-0.05, 0) is 72.7 Å². The number of carbonyl (C=O) groups is 2. The average molecular weight is 546 g/mol. The van der Waals surface area contributed by atoms with Crippen molar-refractivity contribution in [3.05, 3.63) is 101 Å². The number of aromatic nitrogens is 1. The van der Waals surface area contributed by atoms with E-state index in [0.29, 0.717) is 5.69 Å². The third-order valence-corrected chi connectivity index (χ3v) is 7.77. The van der Waals surface area contributed by atoms with Gasteiger partial charge in [-0.15, -0.1) is 11.8 Å². The van der Waals surface area contributed by atoms with Crippen molar-refractivity contribution in [1.82, 2.24) is 9.88 Å². The van der Waals surface area contributed by atoms with Crippen LogP contribution in [-0.2, 0) is 22.6 Å². The minimum Gasteiger partial charge on any atom is -0.346 e. The first-order valence-electron chi connectivity index (χ1n) is 11.9. The lowest BCUT2D eigenvalue weighted by Crippen LogP contribution is -2.54. The lowest BCUT2D eigenvalue weighted by Gasteiger charge is -2.29. The van der Waals surface area contributed by atoms with Gasteiger partial charge in [0.2, 0.25) is 0 Å². The number of anilines is 1. The Labute approximate surface area is 230 Å². The molecule has 0 saturated carbocycles. The van der Waals surface area contributed by atoms with E-state index in [1.165, 1.54) is 4.90 Å². The number of hydrogen-bond donors (Lipinski definition) is 1. The molecule has 0 radical (unpaired) electrons. The van der Waals surface area contributed by atoms with E-state index in [1.54, 1.807) is 17.8 Å². The Morgan fingerprint density at radius 3 is 2.46 bits per heavy atom. The Bertz CT molecular complexity index is 1530. The molecule has 3 aromatic carbocycles. The summed E-state index contributed by atoms with van der Waals surface area (Å²) >= 11 is 13.1. The summed E-state index contributed by atoms with van der Waals surface area (Å²) in [6.45, 7) is 2.83. The second-order valence-corrected chi connectivity index (χ2v) is 10.6. The molecule has 1 aliphatic heterocycles. The maximum atomic E-state index is 13.5. The summed E-state index contributed by atoms with van der Waals surface area (Å²) in [5.41, 5.74) is 3.67. The molecule has 0 bridgehead atoms. The van der Waals surface area contributed by atoms with Crippen LogP contribution < -0.4 is 10.2 Å². The van der Waals surface area contributed by atoms with Gasteiger partial charge < -0.3 is 4.57 Å². The number of thioether (sulfide) groups is 1. The first-order chi connectivity index (χ1) is 17.9. The molecular weight excluding hydrogens is 522 g/mol. The second-order valence-electron chi connectivity index (χ2n) is 8.58. The maximum absolute atomic E-state index is 13.5. The van der Waals surface area contributed by atoms with E-state index in [1.807, 2.05) is 79.0 Å². The van der Waals surface area contributed by atoms with Gasteiger partial charge in [0, 0.05) is 44.9 Å². The molecule has 0 atom stereocenters. The number of nitrogens with one attached hydrogen (secondary N) is 1. The first-order valence-corrected chi connectivity index (χ1v) is 13.7. The highest BCUT2D eigenvalue weighted by atomic mass is 35.5. The van der Waals surface area contributed by atoms with Crippen molar-refractivity contribution in [3.63, 3.8) is 0 Å². The first kappa shape index (κ1) is 25.3. The third kappa shape index (κ3) is 5.34. The molecule has 37 heavy (non-hydrogen) atoms. The topological polar surface area (TPSA) is 54.3 Å². The summed E-state index contributed by atoms with van der Waals surface area (Å²) in [6, 6.07) is 23.4. The number of halogens is 1. The number of rotatable bonds is 7. The van der Waals surface area contributed by atoms with Gasteiger partial charge >= 0.3 is 0 Å². The fourth-order valence-corrected chi connectivity index (χ4v) is 5.56. The number of carbonyl (C=O) groups excluding carboxylic acids is 2. The van der Waals surface area contributed by atoms with E-state index >= 15 is 0 Å². The highest BCUT2D eigenvalue weighted by Gasteiger charge is 2.34. The molecule has 5 nitrogen and oxygen atoms in total. The normalized spacial score (nSPS) is 15.0. The number of fused-ring (bicyclic) bond motifs is 1. The summed E-state index contributed by atoms with van der Waals surface area (Å²) in [5, 5.41) is 4.45. The zero-order chi connectivity index (χ0) is 25.9. The standard InChI is InChI=1S/C29H24ClN3O2S2/c1-2-19-7-11-22(12-8-19)33-28(35)25(27(34)31-29(33)36)17-20-18-32(26-6-4-3-5-24(20)26)15-16-37-23-13-9-21(30)10-14-23/h3-14,17-18H,2,15-16H2,1H3,(H,31,34,36)/b25-17+. The monoisotopic (exact) mass is 545 g/mol. The predicted octanol–water partition coefficient (Wildman–Crippen LogP) is 6.48. The number of hydrogen-bond acceptors (Lipinski definition) is 4. The number of para-hydroxylation sites is 1. The van der Waals surface area contributed by atoms with Crippen LogP contribution in [0.15, 0.2) is 89.5 Å². The molecule has 1 aromatic heterocycles. The van der Waals surface area contributed by atoms with E-state index in [0.717, 1.165) is 50.7 Å². The molecule has 186 valence electrons. The Hall–Kier alpha value is -3.39. The Morgan fingerprint density at radius 2 is 1.73 bits per heavy atom. The quantitative estimate of drug-likeness (QED) is 0.125. The lowest BCUT2D eigenvalue weighted by molar-refractivity contribution is -0.122. The van der Waals surface area contributed by atoms with Crippen LogP contribution in [0.2, 0.25) is 5.02 Å². The third-order valence-electron chi connectivity index (χ3n) is 6.24. The summed E-state index contributed by atoms with van der Waals surface area (Å²) < 4.78 is 2.15. The van der Waals surface area contributed by atoms with Gasteiger partial charge in [-0.2, -0.15) is 0 Å². The van der Waals surface area contributed by atoms with Crippen LogP contribution >= 0.6 is 35.6 Å². The average Bonchev–Trinajstić information content (AvgIpc) is 3.25.